The maximum absolute atomic E-state index is 5.47. The van der Waals surface area contributed by atoms with Crippen LogP contribution in [0.25, 0.3) is 141 Å². The first kappa shape index (κ1) is 39.4. The van der Waals surface area contributed by atoms with E-state index in [9.17, 15) is 0 Å². The van der Waals surface area contributed by atoms with Crippen molar-refractivity contribution >= 4 is 85.6 Å². The normalized spacial score (nSPS) is 11.8. The van der Waals surface area contributed by atoms with Gasteiger partial charge in [0, 0.05) is 36.5 Å². The lowest BCUT2D eigenvalue weighted by Gasteiger charge is -2.14. The average molecular weight is 893 g/mol. The molecule has 0 saturated heterocycles. The van der Waals surface area contributed by atoms with Gasteiger partial charge in [0.15, 0.2) is 0 Å². The molecule has 0 aliphatic carbocycles. The van der Waals surface area contributed by atoms with Crippen molar-refractivity contribution in [3.63, 3.8) is 0 Å². The summed E-state index contributed by atoms with van der Waals surface area (Å²) in [7, 11) is 0. The maximum atomic E-state index is 5.47. The summed E-state index contributed by atoms with van der Waals surface area (Å²) in [4.78, 5) is 10.7. The SMILES string of the molecule is c1cc(-c2ccc(-c3cccc(-c4cccc5c4sc4ccccc45)c3)cc2)cc(-c2cnc3c4ccc(-c5ccc6ccccc6c5)cc4c4cc(-c5ccc6ccccc6c5)ccc4c3n2)c1. The fourth-order valence-corrected chi connectivity index (χ4v) is 11.7. The van der Waals surface area contributed by atoms with Crippen LogP contribution in [0.4, 0.5) is 0 Å². The van der Waals surface area contributed by atoms with Gasteiger partial charge in [0.25, 0.3) is 0 Å². The molecule has 0 spiro atoms. The highest BCUT2D eigenvalue weighted by Gasteiger charge is 2.17. The predicted molar refractivity (Wildman–Crippen MR) is 295 cm³/mol. The highest BCUT2D eigenvalue weighted by molar-refractivity contribution is 7.26. The van der Waals surface area contributed by atoms with Gasteiger partial charge in [-0.1, -0.05) is 194 Å². The van der Waals surface area contributed by atoms with Gasteiger partial charge < -0.3 is 0 Å². The predicted octanol–water partition coefficient (Wildman–Crippen LogP) is 18.6. The summed E-state index contributed by atoms with van der Waals surface area (Å²) < 4.78 is 2.66. The molecule has 14 aromatic rings. The van der Waals surface area contributed by atoms with Crippen molar-refractivity contribution < 1.29 is 0 Å². The monoisotopic (exact) mass is 892 g/mol. The Morgan fingerprint density at radius 3 is 1.42 bits per heavy atom. The average Bonchev–Trinajstić information content (AvgIpc) is 3.82. The Balaban J connectivity index is 0.840. The minimum atomic E-state index is 0.846. The number of benzene rings is 12. The van der Waals surface area contributed by atoms with E-state index >= 15 is 0 Å². The minimum Gasteiger partial charge on any atom is -0.252 e. The van der Waals surface area contributed by atoms with E-state index in [2.05, 4.69) is 237 Å². The minimum absolute atomic E-state index is 0.846. The first-order valence-corrected chi connectivity index (χ1v) is 24.3. The standard InChI is InChI=1S/C66H40N2S/c1-3-12-45-34-49(28-26-41(45)10-1)51-30-32-57-60(38-51)61-39-52(50-29-27-42-11-2-4-13-46(42)35-50)31-33-58(61)65-64(57)67-40-62(68-65)54-17-8-15-48(37-54)44-24-22-43(23-25-44)47-14-7-16-53(36-47)55-19-9-20-59-56-18-5-6-21-63(56)69-66(55)59/h1-40H. The van der Waals surface area contributed by atoms with Crippen LogP contribution in [-0.4, -0.2) is 9.97 Å². The van der Waals surface area contributed by atoms with Crippen LogP contribution >= 0.6 is 11.3 Å². The quantitative estimate of drug-likeness (QED) is 0.155. The van der Waals surface area contributed by atoms with E-state index in [0.29, 0.717) is 0 Å². The molecule has 69 heavy (non-hydrogen) atoms. The summed E-state index contributed by atoms with van der Waals surface area (Å²) in [6.07, 6.45) is 1.95. The van der Waals surface area contributed by atoms with Crippen LogP contribution in [-0.2, 0) is 0 Å². The number of aromatic nitrogens is 2. The summed E-state index contributed by atoms with van der Waals surface area (Å²) in [6.45, 7) is 0. The molecule has 0 atom stereocenters. The van der Waals surface area contributed by atoms with Crippen molar-refractivity contribution in [2.75, 3.05) is 0 Å². The van der Waals surface area contributed by atoms with Gasteiger partial charge in [-0.05, 0) is 130 Å². The van der Waals surface area contributed by atoms with E-state index in [1.807, 2.05) is 17.5 Å². The lowest BCUT2D eigenvalue weighted by molar-refractivity contribution is 1.31. The molecule has 0 radical (unpaired) electrons. The van der Waals surface area contributed by atoms with Crippen molar-refractivity contribution in [2.45, 2.75) is 0 Å². The molecule has 0 fully saturated rings. The molecule has 0 N–H and O–H groups in total. The van der Waals surface area contributed by atoms with Crippen LogP contribution in [0.1, 0.15) is 0 Å². The van der Waals surface area contributed by atoms with Gasteiger partial charge in [0.1, 0.15) is 0 Å². The van der Waals surface area contributed by atoms with Crippen LogP contribution < -0.4 is 0 Å². The zero-order valence-electron chi connectivity index (χ0n) is 37.4. The molecule has 12 aromatic carbocycles. The third-order valence-corrected chi connectivity index (χ3v) is 15.3. The molecule has 0 saturated carbocycles. The summed E-state index contributed by atoms with van der Waals surface area (Å²) in [5.41, 5.74) is 15.6. The Bertz CT molecular complexity index is 4370. The fraction of sp³-hybridized carbons (Fsp3) is 0. The van der Waals surface area contributed by atoms with Gasteiger partial charge in [0.05, 0.1) is 22.9 Å². The Morgan fingerprint density at radius 1 is 0.275 bits per heavy atom. The van der Waals surface area contributed by atoms with E-state index in [1.165, 1.54) is 91.6 Å². The van der Waals surface area contributed by atoms with Crippen molar-refractivity contribution in [3.8, 4) is 66.9 Å². The van der Waals surface area contributed by atoms with E-state index < -0.39 is 0 Å². The molecular formula is C66H40N2S. The third kappa shape index (κ3) is 6.78. The highest BCUT2D eigenvalue weighted by Crippen LogP contribution is 2.42. The molecule has 0 amide bonds. The second-order valence-corrected chi connectivity index (χ2v) is 19.2. The molecule has 3 heteroatoms. The van der Waals surface area contributed by atoms with E-state index in [0.717, 1.165) is 49.6 Å². The lowest BCUT2D eigenvalue weighted by atomic mass is 9.92. The van der Waals surface area contributed by atoms with Crippen molar-refractivity contribution in [3.05, 3.63) is 243 Å². The molecule has 0 aliphatic rings. The maximum Gasteiger partial charge on any atom is 0.0979 e. The van der Waals surface area contributed by atoms with Crippen LogP contribution in [0.3, 0.4) is 0 Å². The molecule has 2 nitrogen and oxygen atoms in total. The van der Waals surface area contributed by atoms with Gasteiger partial charge in [-0.3, -0.25) is 4.98 Å². The topological polar surface area (TPSA) is 25.8 Å². The molecule has 0 unspecified atom stereocenters. The van der Waals surface area contributed by atoms with E-state index in [-0.39, 0.29) is 0 Å². The highest BCUT2D eigenvalue weighted by atomic mass is 32.1. The smallest absolute Gasteiger partial charge is 0.0979 e. The number of rotatable bonds is 6. The van der Waals surface area contributed by atoms with Gasteiger partial charge in [-0.2, -0.15) is 0 Å². The Hall–Kier alpha value is -8.76. The molecule has 0 aliphatic heterocycles. The van der Waals surface area contributed by atoms with Crippen LogP contribution in [0, 0.1) is 0 Å². The lowest BCUT2D eigenvalue weighted by Crippen LogP contribution is -1.93. The van der Waals surface area contributed by atoms with Gasteiger partial charge in [-0.25, -0.2) is 4.98 Å². The zero-order valence-corrected chi connectivity index (χ0v) is 38.2. The number of hydrogen-bond acceptors (Lipinski definition) is 3. The summed E-state index contributed by atoms with van der Waals surface area (Å²) in [6, 6.07) is 86.3. The van der Waals surface area contributed by atoms with Crippen LogP contribution in [0.2, 0.25) is 0 Å². The van der Waals surface area contributed by atoms with Crippen LogP contribution in [0.5, 0.6) is 0 Å². The van der Waals surface area contributed by atoms with Crippen molar-refractivity contribution in [2.24, 2.45) is 0 Å². The summed E-state index contributed by atoms with van der Waals surface area (Å²) >= 11 is 1.88. The van der Waals surface area contributed by atoms with Gasteiger partial charge >= 0.3 is 0 Å². The molecule has 320 valence electrons. The molecule has 0 bridgehead atoms. The molecular weight excluding hydrogens is 853 g/mol. The number of fused-ring (bicyclic) bond motifs is 11. The number of thiophene rings is 1. The van der Waals surface area contributed by atoms with E-state index in [4.69, 9.17) is 9.97 Å². The molecule has 14 rings (SSSR count). The fourth-order valence-electron chi connectivity index (χ4n) is 10.5. The first-order chi connectivity index (χ1) is 34.1. The zero-order chi connectivity index (χ0) is 45.4. The summed E-state index contributed by atoms with van der Waals surface area (Å²) in [5.74, 6) is 0. The first-order valence-electron chi connectivity index (χ1n) is 23.5. The number of nitrogens with zero attached hydrogens (tertiary/aromatic N) is 2. The van der Waals surface area contributed by atoms with Crippen molar-refractivity contribution in [1.29, 1.82) is 0 Å². The largest absolute Gasteiger partial charge is 0.252 e. The second-order valence-electron chi connectivity index (χ2n) is 18.1. The Kier molecular flexibility index (Phi) is 9.11. The van der Waals surface area contributed by atoms with Gasteiger partial charge in [0.2, 0.25) is 0 Å². The van der Waals surface area contributed by atoms with Crippen LogP contribution in [0.15, 0.2) is 243 Å². The molecule has 2 heterocycles. The Morgan fingerprint density at radius 2 is 0.754 bits per heavy atom. The Labute approximate surface area is 403 Å². The summed E-state index contributed by atoms with van der Waals surface area (Å²) in [5, 5.41) is 12.1. The third-order valence-electron chi connectivity index (χ3n) is 14.1. The van der Waals surface area contributed by atoms with Gasteiger partial charge in [-0.15, -0.1) is 11.3 Å². The molecule has 2 aromatic heterocycles. The number of hydrogen-bond donors (Lipinski definition) is 0. The van der Waals surface area contributed by atoms with Crippen molar-refractivity contribution in [1.82, 2.24) is 9.97 Å². The second kappa shape index (κ2) is 16.0. The van der Waals surface area contributed by atoms with E-state index in [1.54, 1.807) is 0 Å².